The summed E-state index contributed by atoms with van der Waals surface area (Å²) in [5.74, 6) is 3.88. The molecule has 0 aliphatic heterocycles. The topological polar surface area (TPSA) is 9.23 Å². The Kier molecular flexibility index (Phi) is 9.36. The molecule has 36 heavy (non-hydrogen) atoms. The molecule has 0 atom stereocenters. The fourth-order valence-corrected chi connectivity index (χ4v) is 6.81. The van der Waals surface area contributed by atoms with Gasteiger partial charge < -0.3 is 4.74 Å². The summed E-state index contributed by atoms with van der Waals surface area (Å²) in [6, 6.07) is 2.28. The maximum absolute atomic E-state index is 14.3. The lowest BCUT2D eigenvalue weighted by molar-refractivity contribution is -0.0696. The molecule has 3 aliphatic rings. The molecule has 0 unspecified atom stereocenters. The van der Waals surface area contributed by atoms with Gasteiger partial charge in [0.15, 0.2) is 0 Å². The molecule has 0 bridgehead atoms. The summed E-state index contributed by atoms with van der Waals surface area (Å²) < 4.78 is 71.7. The number of halogens is 5. The number of hydrogen-bond acceptors (Lipinski definition) is 1. The van der Waals surface area contributed by atoms with Crippen LogP contribution in [0.2, 0.25) is 0 Å². The van der Waals surface area contributed by atoms with Crippen LogP contribution in [-0.4, -0.2) is 18.9 Å². The average molecular weight is 511 g/mol. The zero-order valence-electron chi connectivity index (χ0n) is 21.3. The van der Waals surface area contributed by atoms with Crippen molar-refractivity contribution in [3.05, 3.63) is 34.9 Å². The van der Waals surface area contributed by atoms with Gasteiger partial charge in [-0.25, -0.2) is 8.78 Å². The predicted octanol–water partition coefficient (Wildman–Crippen LogP) is 8.94. The molecule has 0 saturated heterocycles. The Morgan fingerprint density at radius 2 is 1.31 bits per heavy atom. The number of ether oxygens (including phenoxy) is 1. The minimum absolute atomic E-state index is 0.0169. The van der Waals surface area contributed by atoms with Crippen molar-refractivity contribution in [2.45, 2.75) is 109 Å². The van der Waals surface area contributed by atoms with E-state index >= 15 is 0 Å². The lowest BCUT2D eigenvalue weighted by Gasteiger charge is -2.38. The first-order chi connectivity index (χ1) is 17.2. The Morgan fingerprint density at radius 1 is 0.778 bits per heavy atom. The van der Waals surface area contributed by atoms with Gasteiger partial charge in [0.1, 0.15) is 11.6 Å². The largest absolute Gasteiger partial charge is 0.458 e. The van der Waals surface area contributed by atoms with Crippen molar-refractivity contribution >= 4 is 0 Å². The fourth-order valence-electron chi connectivity index (χ4n) is 6.81. The highest BCUT2D eigenvalue weighted by molar-refractivity contribution is 5.40. The average Bonchev–Trinajstić information content (AvgIpc) is 2.87. The lowest BCUT2D eigenvalue weighted by Crippen LogP contribution is -2.28. The highest BCUT2D eigenvalue weighted by Crippen LogP contribution is 2.42. The summed E-state index contributed by atoms with van der Waals surface area (Å²) in [4.78, 5) is 0. The van der Waals surface area contributed by atoms with Crippen molar-refractivity contribution in [2.24, 2.45) is 23.7 Å². The van der Waals surface area contributed by atoms with Crippen molar-refractivity contribution in [3.8, 4) is 11.8 Å². The molecule has 200 valence electrons. The molecule has 3 saturated carbocycles. The first-order valence-corrected chi connectivity index (χ1v) is 13.9. The smallest absolute Gasteiger partial charge is 0.378 e. The molecule has 4 rings (SSSR count). The molecule has 0 amide bonds. The van der Waals surface area contributed by atoms with Gasteiger partial charge in [-0.15, -0.1) is 0 Å². The van der Waals surface area contributed by atoms with E-state index in [0.717, 1.165) is 68.1 Å². The zero-order valence-corrected chi connectivity index (χ0v) is 21.3. The van der Waals surface area contributed by atoms with Gasteiger partial charge in [-0.3, -0.25) is 0 Å². The van der Waals surface area contributed by atoms with Gasteiger partial charge in [0, 0.05) is 12.5 Å². The van der Waals surface area contributed by atoms with Gasteiger partial charge in [0.25, 0.3) is 0 Å². The van der Waals surface area contributed by atoms with E-state index in [4.69, 9.17) is 4.74 Å². The van der Waals surface area contributed by atoms with E-state index in [0.29, 0.717) is 11.5 Å². The van der Waals surface area contributed by atoms with Gasteiger partial charge >= 0.3 is 6.18 Å². The monoisotopic (exact) mass is 510 g/mol. The second kappa shape index (κ2) is 12.3. The van der Waals surface area contributed by atoms with E-state index in [1.807, 2.05) is 0 Å². The second-order valence-electron chi connectivity index (χ2n) is 11.4. The standard InChI is InChI=1S/C30H39F5O/c1-2-20-3-7-22(8-4-20)23-9-5-21(6-10-23)19-36-26-13-11-24(12-14-26)25-17-28(31)27(29(32)18-25)15-16-30(33,34)35/h17-18,20-24,26H,2-14,19H2,1H3. The fraction of sp³-hybridized carbons (Fsp3) is 0.733. The molecule has 3 fully saturated rings. The number of alkyl halides is 3. The summed E-state index contributed by atoms with van der Waals surface area (Å²) in [5, 5.41) is 0. The summed E-state index contributed by atoms with van der Waals surface area (Å²) in [6.07, 6.45) is 10.8. The molecule has 6 heteroatoms. The van der Waals surface area contributed by atoms with Crippen LogP contribution < -0.4 is 0 Å². The minimum Gasteiger partial charge on any atom is -0.378 e. The van der Waals surface area contributed by atoms with Gasteiger partial charge in [0.05, 0.1) is 11.7 Å². The van der Waals surface area contributed by atoms with Crippen LogP contribution in [0, 0.1) is 47.1 Å². The molecule has 0 spiro atoms. The molecule has 0 radical (unpaired) electrons. The molecule has 3 aliphatic carbocycles. The molecule has 1 aromatic rings. The Morgan fingerprint density at radius 3 is 1.81 bits per heavy atom. The van der Waals surface area contributed by atoms with Gasteiger partial charge in [-0.2, -0.15) is 13.2 Å². The summed E-state index contributed by atoms with van der Waals surface area (Å²) in [7, 11) is 0. The van der Waals surface area contributed by atoms with Crippen molar-refractivity contribution in [1.82, 2.24) is 0 Å². The Balaban J connectivity index is 1.19. The normalized spacial score (nSPS) is 31.5. The summed E-state index contributed by atoms with van der Waals surface area (Å²) in [6.45, 7) is 3.13. The van der Waals surface area contributed by atoms with E-state index in [1.54, 1.807) is 5.92 Å². The minimum atomic E-state index is -4.79. The van der Waals surface area contributed by atoms with E-state index in [-0.39, 0.29) is 12.0 Å². The molecule has 0 heterocycles. The Hall–Kier alpha value is -1.61. The summed E-state index contributed by atoms with van der Waals surface area (Å²) >= 11 is 0. The molecular formula is C30H39F5O. The maximum atomic E-state index is 14.3. The van der Waals surface area contributed by atoms with E-state index in [1.165, 1.54) is 57.8 Å². The number of rotatable bonds is 6. The van der Waals surface area contributed by atoms with Crippen molar-refractivity contribution < 1.29 is 26.7 Å². The van der Waals surface area contributed by atoms with Gasteiger partial charge in [-0.05, 0) is 111 Å². The van der Waals surface area contributed by atoms with Crippen LogP contribution in [0.1, 0.15) is 107 Å². The lowest BCUT2D eigenvalue weighted by atomic mass is 9.69. The Labute approximate surface area is 212 Å². The highest BCUT2D eigenvalue weighted by Gasteiger charge is 2.31. The first-order valence-electron chi connectivity index (χ1n) is 13.9. The quantitative estimate of drug-likeness (QED) is 0.274. The SMILES string of the molecule is CCC1CCC(C2CCC(COC3CCC(c4cc(F)c(C#CC(F)(F)F)c(F)c4)CC3)CC2)CC1. The third kappa shape index (κ3) is 7.46. The second-order valence-corrected chi connectivity index (χ2v) is 11.4. The molecule has 0 aromatic heterocycles. The highest BCUT2D eigenvalue weighted by atomic mass is 19.4. The van der Waals surface area contributed by atoms with Crippen molar-refractivity contribution in [3.63, 3.8) is 0 Å². The van der Waals surface area contributed by atoms with Crippen LogP contribution in [0.3, 0.4) is 0 Å². The van der Waals surface area contributed by atoms with Crippen LogP contribution >= 0.6 is 0 Å². The summed E-state index contributed by atoms with van der Waals surface area (Å²) in [5.41, 5.74) is -0.330. The molecule has 1 nitrogen and oxygen atoms in total. The molecular weight excluding hydrogens is 471 g/mol. The zero-order chi connectivity index (χ0) is 25.7. The Bertz CT molecular complexity index is 882. The molecule has 1 aromatic carbocycles. The van der Waals surface area contributed by atoms with Crippen molar-refractivity contribution in [1.29, 1.82) is 0 Å². The van der Waals surface area contributed by atoms with Crippen molar-refractivity contribution in [2.75, 3.05) is 6.61 Å². The van der Waals surface area contributed by atoms with Crippen LogP contribution in [0.4, 0.5) is 22.0 Å². The first kappa shape index (κ1) is 27.4. The third-order valence-electron chi connectivity index (χ3n) is 9.13. The van der Waals surface area contributed by atoms with E-state index in [2.05, 4.69) is 6.92 Å². The van der Waals surface area contributed by atoms with Crippen LogP contribution in [0.25, 0.3) is 0 Å². The predicted molar refractivity (Wildman–Crippen MR) is 131 cm³/mol. The van der Waals surface area contributed by atoms with Gasteiger partial charge in [-0.1, -0.05) is 32.1 Å². The maximum Gasteiger partial charge on any atom is 0.458 e. The van der Waals surface area contributed by atoms with E-state index < -0.39 is 23.4 Å². The van der Waals surface area contributed by atoms with Crippen LogP contribution in [0.15, 0.2) is 12.1 Å². The number of benzene rings is 1. The van der Waals surface area contributed by atoms with Gasteiger partial charge in [0.2, 0.25) is 0 Å². The van der Waals surface area contributed by atoms with Crippen LogP contribution in [-0.2, 0) is 4.74 Å². The molecule has 0 N–H and O–H groups in total. The van der Waals surface area contributed by atoms with Crippen LogP contribution in [0.5, 0.6) is 0 Å². The van der Waals surface area contributed by atoms with E-state index in [9.17, 15) is 22.0 Å². The third-order valence-corrected chi connectivity index (χ3v) is 9.13. The number of hydrogen-bond donors (Lipinski definition) is 0.